The number of benzene rings is 1. The normalized spacial score (nSPS) is 16.4. The molecule has 0 heterocycles. The number of hydrogen-bond donors (Lipinski definition) is 0. The maximum atomic E-state index is 2.49. The summed E-state index contributed by atoms with van der Waals surface area (Å²) in [4.78, 5) is 0. The number of rotatable bonds is 18. The van der Waals surface area contributed by atoms with Gasteiger partial charge in [0.1, 0.15) is 0 Å². The van der Waals surface area contributed by atoms with Gasteiger partial charge < -0.3 is 0 Å². The van der Waals surface area contributed by atoms with Gasteiger partial charge in [0.05, 0.1) is 0 Å². The quantitative estimate of drug-likeness (QED) is 0.210. The Morgan fingerprint density at radius 3 is 1.70 bits per heavy atom. The molecule has 1 aromatic rings. The van der Waals surface area contributed by atoms with Crippen LogP contribution in [0.2, 0.25) is 0 Å². The van der Waals surface area contributed by atoms with E-state index in [0.717, 1.165) is 11.8 Å². The van der Waals surface area contributed by atoms with Gasteiger partial charge >= 0.3 is 0 Å². The van der Waals surface area contributed by atoms with Gasteiger partial charge in [0.25, 0.3) is 0 Å². The van der Waals surface area contributed by atoms with Gasteiger partial charge in [0.15, 0.2) is 0 Å². The summed E-state index contributed by atoms with van der Waals surface area (Å²) in [6, 6.07) is 9.91. The predicted molar refractivity (Wildman–Crippen MR) is 136 cm³/mol. The highest BCUT2D eigenvalue weighted by Crippen LogP contribution is 2.38. The Labute approximate surface area is 189 Å². The summed E-state index contributed by atoms with van der Waals surface area (Å²) in [6.45, 7) is 7.04. The van der Waals surface area contributed by atoms with E-state index in [1.165, 1.54) is 116 Å². The summed E-state index contributed by atoms with van der Waals surface area (Å²) >= 11 is 0. The molecule has 0 aliphatic heterocycles. The number of unbranched alkanes of at least 4 members (excludes halogenated alkanes) is 10. The third-order valence-corrected chi connectivity index (χ3v) is 7.72. The molecule has 1 saturated carbocycles. The summed E-state index contributed by atoms with van der Waals surface area (Å²) < 4.78 is 0. The van der Waals surface area contributed by atoms with Crippen LogP contribution in [-0.4, -0.2) is 0 Å². The van der Waals surface area contributed by atoms with E-state index >= 15 is 0 Å². The van der Waals surface area contributed by atoms with E-state index < -0.39 is 0 Å². The molecule has 1 aromatic carbocycles. The minimum Gasteiger partial charge on any atom is -0.0654 e. The highest BCUT2D eigenvalue weighted by Gasteiger charge is 2.23. The van der Waals surface area contributed by atoms with Crippen molar-refractivity contribution in [3.8, 4) is 0 Å². The SMILES string of the molecule is CCCCCCCCCC(CC1CCC1)c1ccc(C(C)CCCCCCC)cc1. The molecule has 30 heavy (non-hydrogen) atoms. The van der Waals surface area contributed by atoms with Crippen molar-refractivity contribution in [1.29, 1.82) is 0 Å². The van der Waals surface area contributed by atoms with E-state index in [0.29, 0.717) is 5.92 Å². The van der Waals surface area contributed by atoms with Crippen molar-refractivity contribution < 1.29 is 0 Å². The second-order valence-electron chi connectivity index (χ2n) is 10.4. The lowest BCUT2D eigenvalue weighted by Gasteiger charge is -2.30. The van der Waals surface area contributed by atoms with Crippen LogP contribution < -0.4 is 0 Å². The second kappa shape index (κ2) is 15.9. The van der Waals surface area contributed by atoms with Crippen LogP contribution >= 0.6 is 0 Å². The third kappa shape index (κ3) is 10.0. The second-order valence-corrected chi connectivity index (χ2v) is 10.4. The van der Waals surface area contributed by atoms with Crippen LogP contribution in [0.4, 0.5) is 0 Å². The molecule has 0 radical (unpaired) electrons. The van der Waals surface area contributed by atoms with Crippen LogP contribution in [0.5, 0.6) is 0 Å². The van der Waals surface area contributed by atoms with E-state index in [-0.39, 0.29) is 0 Å². The summed E-state index contributed by atoms with van der Waals surface area (Å²) in [7, 11) is 0. The molecule has 0 saturated heterocycles. The largest absolute Gasteiger partial charge is 0.0654 e. The first-order valence-corrected chi connectivity index (χ1v) is 13.8. The van der Waals surface area contributed by atoms with Gasteiger partial charge in [-0.2, -0.15) is 0 Å². The van der Waals surface area contributed by atoms with Gasteiger partial charge in [-0.25, -0.2) is 0 Å². The van der Waals surface area contributed by atoms with Crippen LogP contribution in [0, 0.1) is 5.92 Å². The Morgan fingerprint density at radius 2 is 1.17 bits per heavy atom. The topological polar surface area (TPSA) is 0 Å². The van der Waals surface area contributed by atoms with Crippen molar-refractivity contribution in [2.24, 2.45) is 5.92 Å². The highest BCUT2D eigenvalue weighted by atomic mass is 14.3. The molecule has 172 valence electrons. The molecule has 0 heteroatoms. The zero-order valence-corrected chi connectivity index (χ0v) is 20.8. The Balaban J connectivity index is 1.78. The molecule has 0 aromatic heterocycles. The van der Waals surface area contributed by atoms with E-state index in [1.807, 2.05) is 0 Å². The van der Waals surface area contributed by atoms with Gasteiger partial charge in [-0.3, -0.25) is 0 Å². The molecule has 2 rings (SSSR count). The fourth-order valence-corrected chi connectivity index (χ4v) is 5.22. The average molecular weight is 413 g/mol. The summed E-state index contributed by atoms with van der Waals surface area (Å²) in [5, 5.41) is 0. The molecule has 2 atom stereocenters. The zero-order chi connectivity index (χ0) is 21.4. The zero-order valence-electron chi connectivity index (χ0n) is 20.8. The minimum absolute atomic E-state index is 0.717. The maximum absolute atomic E-state index is 2.49. The Kier molecular flexibility index (Phi) is 13.5. The first-order chi connectivity index (χ1) is 14.7. The van der Waals surface area contributed by atoms with Crippen LogP contribution in [-0.2, 0) is 0 Å². The molecule has 0 amide bonds. The lowest BCUT2D eigenvalue weighted by Crippen LogP contribution is -2.15. The predicted octanol–water partition coefficient (Wildman–Crippen LogP) is 10.6. The van der Waals surface area contributed by atoms with Crippen LogP contribution in [0.1, 0.15) is 159 Å². The fraction of sp³-hybridized carbons (Fsp3) is 0.800. The van der Waals surface area contributed by atoms with E-state index in [2.05, 4.69) is 45.0 Å². The molecule has 1 fully saturated rings. The first-order valence-electron chi connectivity index (χ1n) is 13.8. The average Bonchev–Trinajstić information content (AvgIpc) is 2.73. The van der Waals surface area contributed by atoms with Crippen molar-refractivity contribution in [2.45, 2.75) is 148 Å². The maximum Gasteiger partial charge on any atom is -0.0159 e. The van der Waals surface area contributed by atoms with Gasteiger partial charge in [-0.1, -0.05) is 141 Å². The third-order valence-electron chi connectivity index (χ3n) is 7.72. The minimum atomic E-state index is 0.717. The fourth-order valence-electron chi connectivity index (χ4n) is 5.22. The van der Waals surface area contributed by atoms with Crippen molar-refractivity contribution in [1.82, 2.24) is 0 Å². The lowest BCUT2D eigenvalue weighted by molar-refractivity contribution is 0.269. The smallest absolute Gasteiger partial charge is 0.0159 e. The van der Waals surface area contributed by atoms with Crippen molar-refractivity contribution in [2.75, 3.05) is 0 Å². The van der Waals surface area contributed by atoms with Crippen LogP contribution in [0.25, 0.3) is 0 Å². The number of hydrogen-bond acceptors (Lipinski definition) is 0. The van der Waals surface area contributed by atoms with E-state index in [9.17, 15) is 0 Å². The standard InChI is InChI=1S/C30H52/c1-4-6-8-10-11-13-15-20-30(25-27-18-16-19-27)29-23-21-28(22-24-29)26(3)17-14-12-9-7-5-2/h21-24,26-27,30H,4-20,25H2,1-3H3. The summed E-state index contributed by atoms with van der Waals surface area (Å²) in [5.74, 6) is 2.54. The Hall–Kier alpha value is -0.780. The van der Waals surface area contributed by atoms with Gasteiger partial charge in [-0.15, -0.1) is 0 Å². The van der Waals surface area contributed by atoms with Crippen molar-refractivity contribution in [3.05, 3.63) is 35.4 Å². The molecule has 2 unspecified atom stereocenters. The molecule has 0 bridgehead atoms. The highest BCUT2D eigenvalue weighted by molar-refractivity contribution is 5.27. The van der Waals surface area contributed by atoms with E-state index in [1.54, 1.807) is 11.1 Å². The molecule has 1 aliphatic carbocycles. The lowest BCUT2D eigenvalue weighted by atomic mass is 9.75. The van der Waals surface area contributed by atoms with Crippen molar-refractivity contribution >= 4 is 0 Å². The van der Waals surface area contributed by atoms with Gasteiger partial charge in [0, 0.05) is 0 Å². The molecule has 1 aliphatic rings. The van der Waals surface area contributed by atoms with Crippen LogP contribution in [0.3, 0.4) is 0 Å². The molecule has 0 spiro atoms. The monoisotopic (exact) mass is 412 g/mol. The molecular weight excluding hydrogens is 360 g/mol. The molecule has 0 N–H and O–H groups in total. The Bertz CT molecular complexity index is 509. The van der Waals surface area contributed by atoms with E-state index in [4.69, 9.17) is 0 Å². The van der Waals surface area contributed by atoms with Crippen LogP contribution in [0.15, 0.2) is 24.3 Å². The molecular formula is C30H52. The summed E-state index contributed by atoms with van der Waals surface area (Å²) in [5.41, 5.74) is 3.19. The van der Waals surface area contributed by atoms with Crippen molar-refractivity contribution in [3.63, 3.8) is 0 Å². The molecule has 0 nitrogen and oxygen atoms in total. The summed E-state index contributed by atoms with van der Waals surface area (Å²) in [6.07, 6.45) is 25.6. The van der Waals surface area contributed by atoms with Gasteiger partial charge in [-0.05, 0) is 48.1 Å². The Morgan fingerprint density at radius 1 is 0.667 bits per heavy atom. The van der Waals surface area contributed by atoms with Gasteiger partial charge in [0.2, 0.25) is 0 Å². The first kappa shape index (κ1) is 25.5.